The summed E-state index contributed by atoms with van der Waals surface area (Å²) < 4.78 is 2.98. The summed E-state index contributed by atoms with van der Waals surface area (Å²) in [6, 6.07) is 10.4. The highest BCUT2D eigenvalue weighted by atomic mass is 79.9. The van der Waals surface area contributed by atoms with E-state index in [0.29, 0.717) is 5.92 Å². The average molecular weight is 400 g/mol. The maximum Gasteiger partial charge on any atom is 0.270 e. The summed E-state index contributed by atoms with van der Waals surface area (Å²) in [4.78, 5) is 18.2. The van der Waals surface area contributed by atoms with Gasteiger partial charge in [0.05, 0.1) is 0 Å². The number of carbonyl (C=O) groups excluding carboxylic acids is 1. The molecule has 1 aliphatic heterocycles. The van der Waals surface area contributed by atoms with Crippen molar-refractivity contribution in [1.82, 2.24) is 14.5 Å². The second kappa shape index (κ2) is 6.71. The fraction of sp³-hybridized carbons (Fsp3) is 0.350. The first-order chi connectivity index (χ1) is 12.2. The van der Waals surface area contributed by atoms with Gasteiger partial charge in [-0.15, -0.1) is 0 Å². The van der Waals surface area contributed by atoms with E-state index in [4.69, 9.17) is 0 Å². The number of hydrogen-bond acceptors (Lipinski definition) is 1. The molecular weight excluding hydrogens is 378 g/mol. The number of nitrogens with zero attached hydrogens (tertiary/aromatic N) is 2. The Kier molecular flexibility index (Phi) is 4.42. The van der Waals surface area contributed by atoms with Crippen molar-refractivity contribution in [2.75, 3.05) is 13.1 Å². The van der Waals surface area contributed by atoms with Gasteiger partial charge in [-0.1, -0.05) is 18.2 Å². The molecule has 25 heavy (non-hydrogen) atoms. The van der Waals surface area contributed by atoms with E-state index in [-0.39, 0.29) is 5.91 Å². The fourth-order valence-corrected chi connectivity index (χ4v) is 4.37. The number of benzene rings is 1. The zero-order valence-corrected chi connectivity index (χ0v) is 15.9. The van der Waals surface area contributed by atoms with Crippen LogP contribution in [0.3, 0.4) is 0 Å². The average Bonchev–Trinajstić information content (AvgIpc) is 3.24. The van der Waals surface area contributed by atoms with E-state index in [1.165, 1.54) is 16.5 Å². The van der Waals surface area contributed by atoms with E-state index in [9.17, 15) is 4.79 Å². The molecule has 4 nitrogen and oxygen atoms in total. The van der Waals surface area contributed by atoms with Gasteiger partial charge >= 0.3 is 0 Å². The first kappa shape index (κ1) is 16.5. The summed E-state index contributed by atoms with van der Waals surface area (Å²) >= 11 is 3.48. The maximum absolute atomic E-state index is 12.9. The predicted octanol–water partition coefficient (Wildman–Crippen LogP) is 4.77. The second-order valence-electron chi connectivity index (χ2n) is 6.69. The standard InChI is InChI=1S/C20H22BrN3O/c1-2-23-13-15(21)11-19(23)20(25)24-9-7-14(8-10-24)17-12-22-18-6-4-3-5-16(17)18/h3-6,11-14,22H,2,7-10H2,1H3. The van der Waals surface area contributed by atoms with Crippen LogP contribution in [-0.2, 0) is 6.54 Å². The smallest absolute Gasteiger partial charge is 0.270 e. The number of amides is 1. The molecule has 0 bridgehead atoms. The van der Waals surface area contributed by atoms with E-state index in [1.807, 2.05) is 21.7 Å². The predicted molar refractivity (Wildman–Crippen MR) is 104 cm³/mol. The van der Waals surface area contributed by atoms with Crippen LogP contribution >= 0.6 is 15.9 Å². The van der Waals surface area contributed by atoms with Crippen molar-refractivity contribution < 1.29 is 4.79 Å². The van der Waals surface area contributed by atoms with Crippen LogP contribution in [0, 0.1) is 0 Å². The number of nitrogens with one attached hydrogen (secondary N) is 1. The van der Waals surface area contributed by atoms with Crippen LogP contribution in [0.2, 0.25) is 0 Å². The molecule has 1 aliphatic rings. The number of halogens is 1. The lowest BCUT2D eigenvalue weighted by Crippen LogP contribution is -2.38. The summed E-state index contributed by atoms with van der Waals surface area (Å²) in [6.07, 6.45) is 6.15. The molecule has 0 atom stereocenters. The lowest BCUT2D eigenvalue weighted by Gasteiger charge is -2.32. The highest BCUT2D eigenvalue weighted by Crippen LogP contribution is 2.33. The van der Waals surface area contributed by atoms with Crippen molar-refractivity contribution in [2.45, 2.75) is 32.2 Å². The quantitative estimate of drug-likeness (QED) is 0.676. The van der Waals surface area contributed by atoms with Gasteiger partial charge in [0.1, 0.15) is 5.69 Å². The van der Waals surface area contributed by atoms with Gasteiger partial charge in [-0.05, 0) is 59.3 Å². The minimum absolute atomic E-state index is 0.143. The molecule has 4 rings (SSSR count). The van der Waals surface area contributed by atoms with Crippen LogP contribution in [0.5, 0.6) is 0 Å². The van der Waals surface area contributed by atoms with Crippen LogP contribution in [0.4, 0.5) is 0 Å². The minimum Gasteiger partial charge on any atom is -0.361 e. The fourth-order valence-electron chi connectivity index (χ4n) is 3.90. The molecule has 0 radical (unpaired) electrons. The van der Waals surface area contributed by atoms with Crippen LogP contribution in [-0.4, -0.2) is 33.4 Å². The van der Waals surface area contributed by atoms with Crippen LogP contribution in [0.15, 0.2) is 47.2 Å². The largest absolute Gasteiger partial charge is 0.361 e. The summed E-state index contributed by atoms with van der Waals surface area (Å²) in [7, 11) is 0. The number of aromatic nitrogens is 2. The van der Waals surface area contributed by atoms with Crippen LogP contribution in [0.1, 0.15) is 41.7 Å². The summed E-state index contributed by atoms with van der Waals surface area (Å²) in [6.45, 7) is 4.50. The van der Waals surface area contributed by atoms with Gasteiger partial charge in [0, 0.05) is 47.4 Å². The van der Waals surface area contributed by atoms with Gasteiger partial charge in [-0.2, -0.15) is 0 Å². The normalized spacial score (nSPS) is 15.8. The molecular formula is C20H22BrN3O. The number of rotatable bonds is 3. The molecule has 1 aromatic carbocycles. The maximum atomic E-state index is 12.9. The molecule has 1 N–H and O–H groups in total. The number of H-pyrrole nitrogens is 1. The molecule has 1 amide bonds. The third-order valence-electron chi connectivity index (χ3n) is 5.27. The molecule has 2 aromatic heterocycles. The van der Waals surface area contributed by atoms with Crippen LogP contribution < -0.4 is 0 Å². The van der Waals surface area contributed by atoms with E-state index in [2.05, 4.69) is 58.3 Å². The number of fused-ring (bicyclic) bond motifs is 1. The molecule has 1 fully saturated rings. The topological polar surface area (TPSA) is 41.0 Å². The highest BCUT2D eigenvalue weighted by Gasteiger charge is 2.27. The number of hydrogen-bond donors (Lipinski definition) is 1. The zero-order chi connectivity index (χ0) is 17.4. The van der Waals surface area contributed by atoms with Crippen molar-refractivity contribution >= 4 is 32.7 Å². The van der Waals surface area contributed by atoms with Crippen molar-refractivity contribution in [3.63, 3.8) is 0 Å². The number of piperidine rings is 1. The van der Waals surface area contributed by atoms with Gasteiger partial charge in [-0.25, -0.2) is 0 Å². The molecule has 0 aliphatic carbocycles. The number of aryl methyl sites for hydroxylation is 1. The Morgan fingerprint density at radius 1 is 1.28 bits per heavy atom. The SMILES string of the molecule is CCn1cc(Br)cc1C(=O)N1CCC(c2c[nH]c3ccccc23)CC1. The van der Waals surface area contributed by atoms with E-state index >= 15 is 0 Å². The summed E-state index contributed by atoms with van der Waals surface area (Å²) in [5, 5.41) is 1.32. The van der Waals surface area contributed by atoms with Gasteiger partial charge < -0.3 is 14.5 Å². The van der Waals surface area contributed by atoms with Gasteiger partial charge in [0.15, 0.2) is 0 Å². The summed E-state index contributed by atoms with van der Waals surface area (Å²) in [5.41, 5.74) is 3.36. The van der Waals surface area contributed by atoms with E-state index in [1.54, 1.807) is 0 Å². The Balaban J connectivity index is 1.49. The zero-order valence-electron chi connectivity index (χ0n) is 14.3. The third-order valence-corrected chi connectivity index (χ3v) is 5.70. The van der Waals surface area contributed by atoms with Crippen molar-refractivity contribution in [3.8, 4) is 0 Å². The van der Waals surface area contributed by atoms with E-state index < -0.39 is 0 Å². The number of carbonyl (C=O) groups is 1. The molecule has 3 heterocycles. The molecule has 5 heteroatoms. The first-order valence-corrected chi connectivity index (χ1v) is 9.67. The van der Waals surface area contributed by atoms with Crippen molar-refractivity contribution in [2.24, 2.45) is 0 Å². The van der Waals surface area contributed by atoms with Crippen molar-refractivity contribution in [1.29, 1.82) is 0 Å². The lowest BCUT2D eigenvalue weighted by atomic mass is 9.89. The Morgan fingerprint density at radius 2 is 2.04 bits per heavy atom. The van der Waals surface area contributed by atoms with E-state index in [0.717, 1.165) is 42.6 Å². The van der Waals surface area contributed by atoms with Gasteiger partial charge in [0.25, 0.3) is 5.91 Å². The lowest BCUT2D eigenvalue weighted by molar-refractivity contribution is 0.0702. The van der Waals surface area contributed by atoms with Gasteiger partial charge in [0.2, 0.25) is 0 Å². The molecule has 0 spiro atoms. The molecule has 130 valence electrons. The minimum atomic E-state index is 0.143. The molecule has 0 unspecified atom stereocenters. The second-order valence-corrected chi connectivity index (χ2v) is 7.60. The number of likely N-dealkylation sites (tertiary alicyclic amines) is 1. The Morgan fingerprint density at radius 3 is 2.80 bits per heavy atom. The van der Waals surface area contributed by atoms with Gasteiger partial charge in [-0.3, -0.25) is 4.79 Å². The highest BCUT2D eigenvalue weighted by molar-refractivity contribution is 9.10. The Labute approximate surface area is 156 Å². The molecule has 1 saturated heterocycles. The number of para-hydroxylation sites is 1. The Bertz CT molecular complexity index is 903. The Hall–Kier alpha value is -2.01. The third kappa shape index (κ3) is 3.01. The van der Waals surface area contributed by atoms with Crippen LogP contribution in [0.25, 0.3) is 10.9 Å². The first-order valence-electron chi connectivity index (χ1n) is 8.88. The number of aromatic amines is 1. The van der Waals surface area contributed by atoms with Crippen molar-refractivity contribution in [3.05, 3.63) is 58.5 Å². The molecule has 3 aromatic rings. The monoisotopic (exact) mass is 399 g/mol. The molecule has 0 saturated carbocycles. The summed E-state index contributed by atoms with van der Waals surface area (Å²) in [5.74, 6) is 0.662.